The molecule has 2 rings (SSSR count). The normalized spacial score (nSPS) is 21.7. The molecule has 4 heteroatoms. The van der Waals surface area contributed by atoms with Gasteiger partial charge < -0.3 is 10.6 Å². The molecule has 98 valence electrons. The summed E-state index contributed by atoms with van der Waals surface area (Å²) >= 11 is 2.01. The fraction of sp³-hybridized carbons (Fsp3) is 0.500. The fourth-order valence-corrected chi connectivity index (χ4v) is 3.07. The minimum Gasteiger partial charge on any atom is -0.370 e. The molecule has 0 spiro atoms. The van der Waals surface area contributed by atoms with Gasteiger partial charge in [-0.05, 0) is 17.2 Å². The standard InChI is InChI=1S/C14H21N3S/c1-12-10-17(7-8-18-11-12)14(15)16-9-13-5-3-2-4-6-13/h2-6,12H,7-11H2,1H3,(H2,15,16). The zero-order chi connectivity index (χ0) is 12.8. The number of hydrogen-bond donors (Lipinski definition) is 1. The Morgan fingerprint density at radius 2 is 2.22 bits per heavy atom. The number of nitrogens with zero attached hydrogens (tertiary/aromatic N) is 2. The van der Waals surface area contributed by atoms with Gasteiger partial charge in [0, 0.05) is 18.8 Å². The molecule has 0 radical (unpaired) electrons. The molecule has 1 atom stereocenters. The van der Waals surface area contributed by atoms with Crippen LogP contribution < -0.4 is 5.73 Å². The molecular weight excluding hydrogens is 242 g/mol. The molecule has 1 aromatic carbocycles. The Morgan fingerprint density at radius 1 is 1.44 bits per heavy atom. The van der Waals surface area contributed by atoms with Crippen molar-refractivity contribution in [2.24, 2.45) is 16.6 Å². The summed E-state index contributed by atoms with van der Waals surface area (Å²) in [5.41, 5.74) is 7.30. The van der Waals surface area contributed by atoms with Gasteiger partial charge in [0.15, 0.2) is 5.96 Å². The van der Waals surface area contributed by atoms with Gasteiger partial charge in [-0.2, -0.15) is 11.8 Å². The van der Waals surface area contributed by atoms with E-state index in [0.717, 1.165) is 18.8 Å². The molecule has 0 saturated carbocycles. The minimum absolute atomic E-state index is 0.671. The second kappa shape index (κ2) is 6.69. The summed E-state index contributed by atoms with van der Waals surface area (Å²) in [6.07, 6.45) is 0. The maximum Gasteiger partial charge on any atom is 0.191 e. The van der Waals surface area contributed by atoms with Gasteiger partial charge in [0.05, 0.1) is 6.54 Å². The van der Waals surface area contributed by atoms with Crippen molar-refractivity contribution in [1.82, 2.24) is 4.90 Å². The zero-order valence-electron chi connectivity index (χ0n) is 10.9. The van der Waals surface area contributed by atoms with Gasteiger partial charge >= 0.3 is 0 Å². The predicted octanol–water partition coefficient (Wildman–Crippen LogP) is 2.19. The molecule has 1 aliphatic rings. The number of benzene rings is 1. The van der Waals surface area contributed by atoms with E-state index in [2.05, 4.69) is 28.9 Å². The zero-order valence-corrected chi connectivity index (χ0v) is 11.7. The van der Waals surface area contributed by atoms with E-state index in [1.54, 1.807) is 0 Å². The van der Waals surface area contributed by atoms with E-state index in [1.165, 1.54) is 11.3 Å². The van der Waals surface area contributed by atoms with E-state index < -0.39 is 0 Å². The van der Waals surface area contributed by atoms with E-state index in [0.29, 0.717) is 18.4 Å². The number of nitrogens with two attached hydrogens (primary N) is 1. The number of thioether (sulfide) groups is 1. The van der Waals surface area contributed by atoms with Crippen molar-refractivity contribution in [1.29, 1.82) is 0 Å². The van der Waals surface area contributed by atoms with Gasteiger partial charge in [-0.1, -0.05) is 37.3 Å². The second-order valence-corrected chi connectivity index (χ2v) is 5.94. The predicted molar refractivity (Wildman–Crippen MR) is 79.8 cm³/mol. The van der Waals surface area contributed by atoms with Crippen LogP contribution in [0.3, 0.4) is 0 Å². The summed E-state index contributed by atoms with van der Waals surface area (Å²) in [7, 11) is 0. The molecule has 0 aromatic heterocycles. The largest absolute Gasteiger partial charge is 0.370 e. The quantitative estimate of drug-likeness (QED) is 0.657. The lowest BCUT2D eigenvalue weighted by Gasteiger charge is -2.23. The lowest BCUT2D eigenvalue weighted by atomic mass is 10.2. The first kappa shape index (κ1) is 13.3. The highest BCUT2D eigenvalue weighted by Crippen LogP contribution is 2.15. The van der Waals surface area contributed by atoms with Gasteiger partial charge in [-0.3, -0.25) is 0 Å². The maximum absolute atomic E-state index is 6.09. The van der Waals surface area contributed by atoms with E-state index >= 15 is 0 Å². The molecule has 1 aliphatic heterocycles. The maximum atomic E-state index is 6.09. The Morgan fingerprint density at radius 3 is 3.00 bits per heavy atom. The highest BCUT2D eigenvalue weighted by atomic mass is 32.2. The third-order valence-electron chi connectivity index (χ3n) is 3.03. The Kier molecular flexibility index (Phi) is 4.93. The van der Waals surface area contributed by atoms with Crippen molar-refractivity contribution >= 4 is 17.7 Å². The lowest BCUT2D eigenvalue weighted by Crippen LogP contribution is -2.40. The third-order valence-corrected chi connectivity index (χ3v) is 4.31. The number of guanidine groups is 1. The number of rotatable bonds is 2. The fourth-order valence-electron chi connectivity index (χ4n) is 2.04. The highest BCUT2D eigenvalue weighted by Gasteiger charge is 2.16. The first-order valence-electron chi connectivity index (χ1n) is 6.42. The van der Waals surface area contributed by atoms with Gasteiger partial charge in [0.1, 0.15) is 0 Å². The Labute approximate surface area is 113 Å². The van der Waals surface area contributed by atoms with E-state index in [9.17, 15) is 0 Å². The summed E-state index contributed by atoms with van der Waals surface area (Å²) in [6, 6.07) is 10.2. The smallest absolute Gasteiger partial charge is 0.191 e. The average molecular weight is 263 g/mol. The van der Waals surface area contributed by atoms with E-state index in [1.807, 2.05) is 30.0 Å². The lowest BCUT2D eigenvalue weighted by molar-refractivity contribution is 0.389. The van der Waals surface area contributed by atoms with Crippen molar-refractivity contribution in [3.05, 3.63) is 35.9 Å². The van der Waals surface area contributed by atoms with Crippen LogP contribution in [0.25, 0.3) is 0 Å². The van der Waals surface area contributed by atoms with E-state index in [-0.39, 0.29) is 0 Å². The Bertz CT molecular complexity index is 391. The van der Waals surface area contributed by atoms with Crippen molar-refractivity contribution < 1.29 is 0 Å². The molecule has 1 fully saturated rings. The molecule has 1 aromatic rings. The van der Waals surface area contributed by atoms with Gasteiger partial charge in [-0.25, -0.2) is 4.99 Å². The molecule has 0 aliphatic carbocycles. The SMILES string of the molecule is CC1CSCCN(C(N)=NCc2ccccc2)C1. The first-order chi connectivity index (χ1) is 8.75. The summed E-state index contributed by atoms with van der Waals surface area (Å²) < 4.78 is 0. The van der Waals surface area contributed by atoms with Crippen LogP contribution in [-0.2, 0) is 6.54 Å². The number of aliphatic imine (C=N–C) groups is 1. The van der Waals surface area contributed by atoms with Crippen LogP contribution >= 0.6 is 11.8 Å². The molecular formula is C14H21N3S. The monoisotopic (exact) mass is 263 g/mol. The molecule has 3 nitrogen and oxygen atoms in total. The van der Waals surface area contributed by atoms with Crippen molar-refractivity contribution in [2.45, 2.75) is 13.5 Å². The molecule has 1 saturated heterocycles. The van der Waals surface area contributed by atoms with Gasteiger partial charge in [0.2, 0.25) is 0 Å². The highest BCUT2D eigenvalue weighted by molar-refractivity contribution is 7.99. The average Bonchev–Trinajstić information content (AvgIpc) is 2.62. The van der Waals surface area contributed by atoms with Gasteiger partial charge in [0.25, 0.3) is 0 Å². The molecule has 0 amide bonds. The minimum atomic E-state index is 0.671. The van der Waals surface area contributed by atoms with Gasteiger partial charge in [-0.15, -0.1) is 0 Å². The van der Waals surface area contributed by atoms with Crippen molar-refractivity contribution in [3.63, 3.8) is 0 Å². The van der Waals surface area contributed by atoms with E-state index in [4.69, 9.17) is 5.73 Å². The van der Waals surface area contributed by atoms with Crippen molar-refractivity contribution in [3.8, 4) is 0 Å². The topological polar surface area (TPSA) is 41.6 Å². The molecule has 0 bridgehead atoms. The van der Waals surface area contributed by atoms with Crippen LogP contribution in [0.4, 0.5) is 0 Å². The molecule has 1 heterocycles. The molecule has 18 heavy (non-hydrogen) atoms. The summed E-state index contributed by atoms with van der Waals surface area (Å²) in [5.74, 6) is 3.74. The summed E-state index contributed by atoms with van der Waals surface area (Å²) in [4.78, 5) is 6.72. The van der Waals surface area contributed by atoms with Crippen LogP contribution in [0.2, 0.25) is 0 Å². The number of hydrogen-bond acceptors (Lipinski definition) is 2. The van der Waals surface area contributed by atoms with Crippen LogP contribution in [0.1, 0.15) is 12.5 Å². The van der Waals surface area contributed by atoms with Crippen LogP contribution in [0.15, 0.2) is 35.3 Å². The Balaban J connectivity index is 1.95. The van der Waals surface area contributed by atoms with Crippen molar-refractivity contribution in [2.75, 3.05) is 24.6 Å². The van der Waals surface area contributed by atoms with Crippen LogP contribution in [-0.4, -0.2) is 35.5 Å². The third kappa shape index (κ3) is 3.95. The Hall–Kier alpha value is -1.16. The second-order valence-electron chi connectivity index (χ2n) is 4.79. The summed E-state index contributed by atoms with van der Waals surface area (Å²) in [5, 5.41) is 0. The summed E-state index contributed by atoms with van der Waals surface area (Å²) in [6.45, 7) is 4.98. The first-order valence-corrected chi connectivity index (χ1v) is 7.57. The molecule has 2 N–H and O–H groups in total. The molecule has 1 unspecified atom stereocenters. The van der Waals surface area contributed by atoms with Crippen LogP contribution in [0, 0.1) is 5.92 Å². The van der Waals surface area contributed by atoms with Crippen LogP contribution in [0.5, 0.6) is 0 Å².